The van der Waals surface area contributed by atoms with Gasteiger partial charge in [-0.05, 0) is 43.2 Å². The summed E-state index contributed by atoms with van der Waals surface area (Å²) in [6.07, 6.45) is 3.74. The number of aromatic nitrogens is 2. The number of hydrogen-bond acceptors (Lipinski definition) is 3. The van der Waals surface area contributed by atoms with Crippen LogP contribution < -0.4 is 5.32 Å². The van der Waals surface area contributed by atoms with Gasteiger partial charge >= 0.3 is 0 Å². The molecule has 0 radical (unpaired) electrons. The Morgan fingerprint density at radius 2 is 1.83 bits per heavy atom. The van der Waals surface area contributed by atoms with Crippen LogP contribution in [0, 0.1) is 13.8 Å². The molecule has 1 atom stereocenters. The molecule has 5 heteroatoms. The molecule has 2 N–H and O–H groups in total. The highest BCUT2D eigenvalue weighted by atomic mass is 16.3. The van der Waals surface area contributed by atoms with Crippen molar-refractivity contribution < 1.29 is 9.90 Å². The van der Waals surface area contributed by atoms with Crippen LogP contribution in [0.25, 0.3) is 10.8 Å². The van der Waals surface area contributed by atoms with Gasteiger partial charge in [0, 0.05) is 23.2 Å². The molecular weight excluding hydrogens is 362 g/mol. The first-order valence-corrected chi connectivity index (χ1v) is 9.59. The third kappa shape index (κ3) is 3.99. The SMILES string of the molecule is Cc1ccc(C(CC(=O)Nc2cc(C)ccn2)n2cc3ccccc3c2O)cc1. The number of carbonyl (C=O) groups excluding carboxylic acids is 1. The number of amides is 1. The molecule has 0 saturated heterocycles. The predicted octanol–water partition coefficient (Wildman–Crippen LogP) is 4.98. The van der Waals surface area contributed by atoms with Crippen molar-refractivity contribution in [3.05, 3.63) is 89.7 Å². The van der Waals surface area contributed by atoms with E-state index in [1.165, 1.54) is 0 Å². The number of benzene rings is 2. The number of aromatic hydroxyl groups is 1. The lowest BCUT2D eigenvalue weighted by atomic mass is 10.0. The van der Waals surface area contributed by atoms with Crippen molar-refractivity contribution in [2.45, 2.75) is 26.3 Å². The quantitative estimate of drug-likeness (QED) is 0.509. The van der Waals surface area contributed by atoms with E-state index in [1.807, 2.05) is 80.7 Å². The Bertz CT molecular complexity index is 1160. The van der Waals surface area contributed by atoms with Gasteiger partial charge in [-0.1, -0.05) is 48.0 Å². The zero-order chi connectivity index (χ0) is 20.4. The summed E-state index contributed by atoms with van der Waals surface area (Å²) in [6.45, 7) is 3.98. The molecule has 0 fully saturated rings. The largest absolute Gasteiger partial charge is 0.494 e. The second-order valence-electron chi connectivity index (χ2n) is 7.34. The van der Waals surface area contributed by atoms with Gasteiger partial charge in [-0.3, -0.25) is 4.79 Å². The minimum atomic E-state index is -0.340. The molecule has 2 heterocycles. The normalized spacial score (nSPS) is 12.1. The predicted molar refractivity (Wildman–Crippen MR) is 115 cm³/mol. The molecule has 0 aliphatic heterocycles. The van der Waals surface area contributed by atoms with Gasteiger partial charge < -0.3 is 15.0 Å². The Hall–Kier alpha value is -3.60. The molecule has 1 unspecified atom stereocenters. The molecule has 4 aromatic rings. The van der Waals surface area contributed by atoms with E-state index in [0.717, 1.165) is 27.5 Å². The molecule has 1 amide bonds. The third-order valence-corrected chi connectivity index (χ3v) is 5.08. The average Bonchev–Trinajstić information content (AvgIpc) is 3.04. The Morgan fingerprint density at radius 1 is 1.07 bits per heavy atom. The van der Waals surface area contributed by atoms with E-state index >= 15 is 0 Å². The summed E-state index contributed by atoms with van der Waals surface area (Å²) in [4.78, 5) is 17.0. The van der Waals surface area contributed by atoms with Crippen molar-refractivity contribution in [1.29, 1.82) is 0 Å². The Balaban J connectivity index is 1.69. The maximum atomic E-state index is 12.8. The lowest BCUT2D eigenvalue weighted by Gasteiger charge is -2.20. The lowest BCUT2D eigenvalue weighted by molar-refractivity contribution is -0.116. The van der Waals surface area contributed by atoms with Crippen LogP contribution in [0.4, 0.5) is 5.82 Å². The van der Waals surface area contributed by atoms with Gasteiger partial charge in [0.1, 0.15) is 5.82 Å². The van der Waals surface area contributed by atoms with Gasteiger partial charge in [0.2, 0.25) is 5.91 Å². The molecule has 0 aliphatic rings. The minimum Gasteiger partial charge on any atom is -0.494 e. The first-order chi connectivity index (χ1) is 14.0. The number of anilines is 1. The smallest absolute Gasteiger partial charge is 0.227 e. The summed E-state index contributed by atoms with van der Waals surface area (Å²) in [7, 11) is 0. The van der Waals surface area contributed by atoms with E-state index in [2.05, 4.69) is 10.3 Å². The van der Waals surface area contributed by atoms with Crippen molar-refractivity contribution in [2.75, 3.05) is 5.32 Å². The highest BCUT2D eigenvalue weighted by molar-refractivity contribution is 5.91. The monoisotopic (exact) mass is 385 g/mol. The average molecular weight is 385 g/mol. The van der Waals surface area contributed by atoms with Crippen molar-refractivity contribution in [3.8, 4) is 5.88 Å². The number of rotatable bonds is 5. The van der Waals surface area contributed by atoms with Gasteiger partial charge in [0.05, 0.1) is 12.5 Å². The number of hydrogen-bond donors (Lipinski definition) is 2. The lowest BCUT2D eigenvalue weighted by Crippen LogP contribution is -2.20. The molecular formula is C24H23N3O2. The standard InChI is InChI=1S/C24H23N3O2/c1-16-7-9-18(10-8-16)21(14-23(28)26-22-13-17(2)11-12-25-22)27-15-19-5-3-4-6-20(19)24(27)29/h3-13,15,21,29H,14H2,1-2H3,(H,25,26,28). The Kier molecular flexibility index (Phi) is 5.04. The minimum absolute atomic E-state index is 0.160. The summed E-state index contributed by atoms with van der Waals surface area (Å²) in [6, 6.07) is 19.1. The molecule has 29 heavy (non-hydrogen) atoms. The topological polar surface area (TPSA) is 67.2 Å². The second-order valence-corrected chi connectivity index (χ2v) is 7.34. The zero-order valence-corrected chi connectivity index (χ0v) is 16.5. The van der Waals surface area contributed by atoms with Crippen LogP contribution in [0.1, 0.15) is 29.2 Å². The summed E-state index contributed by atoms with van der Waals surface area (Å²) in [5.74, 6) is 0.526. The van der Waals surface area contributed by atoms with Crippen LogP contribution in [0.5, 0.6) is 5.88 Å². The third-order valence-electron chi connectivity index (χ3n) is 5.08. The van der Waals surface area contributed by atoms with Crippen molar-refractivity contribution in [2.24, 2.45) is 0 Å². The molecule has 0 saturated carbocycles. The number of nitrogens with one attached hydrogen (secondary N) is 1. The molecule has 0 spiro atoms. The Morgan fingerprint density at radius 3 is 2.55 bits per heavy atom. The summed E-state index contributed by atoms with van der Waals surface area (Å²) < 4.78 is 1.78. The van der Waals surface area contributed by atoms with Crippen molar-refractivity contribution >= 4 is 22.5 Å². The number of nitrogens with zero attached hydrogens (tertiary/aromatic N) is 2. The summed E-state index contributed by atoms with van der Waals surface area (Å²) >= 11 is 0. The van der Waals surface area contributed by atoms with Gasteiger partial charge in [-0.15, -0.1) is 0 Å². The first-order valence-electron chi connectivity index (χ1n) is 9.59. The van der Waals surface area contributed by atoms with E-state index in [9.17, 15) is 9.90 Å². The number of pyridine rings is 1. The van der Waals surface area contributed by atoms with Gasteiger partial charge in [-0.2, -0.15) is 0 Å². The van der Waals surface area contributed by atoms with Crippen molar-refractivity contribution in [3.63, 3.8) is 0 Å². The molecule has 4 rings (SSSR count). The molecule has 0 aliphatic carbocycles. The maximum Gasteiger partial charge on any atom is 0.227 e. The van der Waals surface area contributed by atoms with Crippen LogP contribution in [0.3, 0.4) is 0 Å². The van der Waals surface area contributed by atoms with Gasteiger partial charge in [0.25, 0.3) is 0 Å². The van der Waals surface area contributed by atoms with Crippen LogP contribution >= 0.6 is 0 Å². The highest BCUT2D eigenvalue weighted by Gasteiger charge is 2.22. The van der Waals surface area contributed by atoms with Crippen LogP contribution in [0.2, 0.25) is 0 Å². The van der Waals surface area contributed by atoms with E-state index < -0.39 is 0 Å². The molecule has 2 aromatic heterocycles. The fourth-order valence-electron chi connectivity index (χ4n) is 3.54. The van der Waals surface area contributed by atoms with Crippen LogP contribution in [-0.4, -0.2) is 20.6 Å². The molecule has 5 nitrogen and oxygen atoms in total. The number of fused-ring (bicyclic) bond motifs is 1. The number of aryl methyl sites for hydroxylation is 2. The van der Waals surface area contributed by atoms with E-state index in [1.54, 1.807) is 10.8 Å². The molecule has 2 aromatic carbocycles. The number of carbonyl (C=O) groups is 1. The maximum absolute atomic E-state index is 12.8. The first kappa shape index (κ1) is 18.7. The second kappa shape index (κ2) is 7.80. The van der Waals surface area contributed by atoms with E-state index in [0.29, 0.717) is 5.82 Å². The summed E-state index contributed by atoms with van der Waals surface area (Å²) in [5.41, 5.74) is 3.13. The molecule has 0 bridgehead atoms. The fourth-order valence-corrected chi connectivity index (χ4v) is 3.54. The zero-order valence-electron chi connectivity index (χ0n) is 16.5. The fraction of sp³-hybridized carbons (Fsp3) is 0.167. The van der Waals surface area contributed by atoms with Crippen LogP contribution in [-0.2, 0) is 4.79 Å². The van der Waals surface area contributed by atoms with Crippen LogP contribution in [0.15, 0.2) is 73.1 Å². The summed E-state index contributed by atoms with van der Waals surface area (Å²) in [5, 5.41) is 15.4. The van der Waals surface area contributed by atoms with Crippen molar-refractivity contribution in [1.82, 2.24) is 9.55 Å². The Labute approximate surface area is 169 Å². The van der Waals surface area contributed by atoms with E-state index in [4.69, 9.17) is 0 Å². The van der Waals surface area contributed by atoms with Gasteiger partial charge in [-0.25, -0.2) is 4.98 Å². The highest BCUT2D eigenvalue weighted by Crippen LogP contribution is 2.34. The molecule has 146 valence electrons. The van der Waals surface area contributed by atoms with Gasteiger partial charge in [0.15, 0.2) is 5.88 Å². The van der Waals surface area contributed by atoms with E-state index in [-0.39, 0.29) is 24.2 Å².